The molecule has 2 aliphatic heterocycles. The van der Waals surface area contributed by atoms with Gasteiger partial charge in [-0.3, -0.25) is 14.5 Å². The smallest absolute Gasteiger partial charge is 0.471 e. The van der Waals surface area contributed by atoms with Crippen molar-refractivity contribution in [3.8, 4) is 11.5 Å². The number of carboxylic acid groups (broad SMARTS) is 1. The number of rotatable bonds is 7. The molecule has 0 aromatic heterocycles. The number of ether oxygens (including phenoxy) is 2. The number of para-hydroxylation sites is 2. The number of aryl methyl sites for hydroxylation is 1. The van der Waals surface area contributed by atoms with Gasteiger partial charge >= 0.3 is 18.1 Å². The molecule has 3 aromatic rings. The van der Waals surface area contributed by atoms with Crippen LogP contribution in [0.25, 0.3) is 0 Å². The van der Waals surface area contributed by atoms with Crippen LogP contribution in [0.1, 0.15) is 42.5 Å². The number of fused-ring (bicyclic) bond motifs is 2. The van der Waals surface area contributed by atoms with E-state index in [9.17, 15) is 27.9 Å². The Morgan fingerprint density at radius 2 is 1.77 bits per heavy atom. The minimum Gasteiger partial charge on any atom is -0.493 e. The summed E-state index contributed by atoms with van der Waals surface area (Å²) in [7, 11) is 0. The summed E-state index contributed by atoms with van der Waals surface area (Å²) in [6, 6.07) is 16.1. The van der Waals surface area contributed by atoms with E-state index in [1.807, 2.05) is 31.2 Å². The molecule has 7 nitrogen and oxygen atoms in total. The molecule has 1 amide bonds. The molecule has 39 heavy (non-hydrogen) atoms. The van der Waals surface area contributed by atoms with E-state index in [2.05, 4.69) is 5.32 Å². The lowest BCUT2D eigenvalue weighted by Gasteiger charge is -2.29. The van der Waals surface area contributed by atoms with Gasteiger partial charge in [0.05, 0.1) is 24.3 Å². The lowest BCUT2D eigenvalue weighted by Crippen LogP contribution is -2.44. The van der Waals surface area contributed by atoms with Crippen molar-refractivity contribution >= 4 is 28.9 Å². The van der Waals surface area contributed by atoms with Gasteiger partial charge in [0.1, 0.15) is 18.1 Å². The summed E-state index contributed by atoms with van der Waals surface area (Å²) in [4.78, 5) is 25.0. The fraction of sp³-hybridized carbons (Fsp3) is 0.310. The number of anilines is 3. The second-order valence-corrected chi connectivity index (χ2v) is 9.63. The van der Waals surface area contributed by atoms with E-state index in [0.717, 1.165) is 17.7 Å². The molecule has 10 heteroatoms. The molecule has 0 saturated heterocycles. The maximum Gasteiger partial charge on any atom is 0.471 e. The molecule has 2 heterocycles. The number of carbonyl (C=O) groups excluding carboxylic acids is 1. The minimum atomic E-state index is -5.14. The number of halogens is 3. The second kappa shape index (κ2) is 10.2. The zero-order valence-corrected chi connectivity index (χ0v) is 21.3. The molecular weight excluding hydrogens is 513 g/mol. The molecule has 0 spiro atoms. The van der Waals surface area contributed by atoms with Gasteiger partial charge in [0.25, 0.3) is 0 Å². The highest BCUT2D eigenvalue weighted by Crippen LogP contribution is 2.47. The van der Waals surface area contributed by atoms with Crippen LogP contribution in [0.5, 0.6) is 11.5 Å². The summed E-state index contributed by atoms with van der Waals surface area (Å²) in [5.41, 5.74) is 3.49. The molecule has 0 saturated carbocycles. The van der Waals surface area contributed by atoms with Crippen LogP contribution in [0.3, 0.4) is 0 Å². The maximum atomic E-state index is 13.9. The molecule has 2 aliphatic rings. The van der Waals surface area contributed by atoms with Gasteiger partial charge in [0, 0.05) is 34.5 Å². The Morgan fingerprint density at radius 3 is 2.49 bits per heavy atom. The Morgan fingerprint density at radius 1 is 1.03 bits per heavy atom. The van der Waals surface area contributed by atoms with Crippen LogP contribution < -0.4 is 19.7 Å². The number of aliphatic carboxylic acids is 1. The lowest BCUT2D eigenvalue weighted by atomic mass is 9.89. The van der Waals surface area contributed by atoms with Gasteiger partial charge in [0.2, 0.25) is 0 Å². The zero-order valence-electron chi connectivity index (χ0n) is 21.3. The Hall–Kier alpha value is -4.21. The topological polar surface area (TPSA) is 88.1 Å². The Bertz CT molecular complexity index is 1420. The fourth-order valence-corrected chi connectivity index (χ4v) is 5.17. The van der Waals surface area contributed by atoms with Crippen molar-refractivity contribution < 1.29 is 37.3 Å². The maximum absolute atomic E-state index is 13.9. The highest BCUT2D eigenvalue weighted by atomic mass is 19.4. The van der Waals surface area contributed by atoms with Crippen molar-refractivity contribution in [3.63, 3.8) is 0 Å². The van der Waals surface area contributed by atoms with Crippen molar-refractivity contribution in [1.82, 2.24) is 0 Å². The van der Waals surface area contributed by atoms with Crippen LogP contribution in [-0.2, 0) is 16.0 Å². The first-order valence-electron chi connectivity index (χ1n) is 12.6. The third-order valence-corrected chi connectivity index (χ3v) is 7.32. The van der Waals surface area contributed by atoms with E-state index >= 15 is 0 Å². The summed E-state index contributed by atoms with van der Waals surface area (Å²) in [6.45, 7) is 3.48. The van der Waals surface area contributed by atoms with E-state index in [1.165, 1.54) is 18.2 Å². The number of hydrogen-bond donors (Lipinski definition) is 2. The summed E-state index contributed by atoms with van der Waals surface area (Å²) in [6.07, 6.45) is -4.36. The van der Waals surface area contributed by atoms with Crippen molar-refractivity contribution in [2.75, 3.05) is 23.4 Å². The third kappa shape index (κ3) is 4.86. The Balaban J connectivity index is 1.52. The van der Waals surface area contributed by atoms with Crippen LogP contribution in [0, 0.1) is 5.92 Å². The van der Waals surface area contributed by atoms with E-state index in [0.29, 0.717) is 27.5 Å². The summed E-state index contributed by atoms with van der Waals surface area (Å²) < 4.78 is 53.1. The zero-order chi connectivity index (χ0) is 27.9. The van der Waals surface area contributed by atoms with Crippen molar-refractivity contribution in [2.24, 2.45) is 5.92 Å². The molecule has 0 bridgehead atoms. The first-order valence-corrected chi connectivity index (χ1v) is 12.6. The van der Waals surface area contributed by atoms with Gasteiger partial charge in [-0.15, -0.1) is 0 Å². The van der Waals surface area contributed by atoms with Gasteiger partial charge < -0.3 is 19.9 Å². The average molecular weight is 541 g/mol. The van der Waals surface area contributed by atoms with Gasteiger partial charge in [-0.2, -0.15) is 13.2 Å². The van der Waals surface area contributed by atoms with Crippen LogP contribution in [0.4, 0.5) is 30.2 Å². The largest absolute Gasteiger partial charge is 0.493 e. The summed E-state index contributed by atoms with van der Waals surface area (Å²) in [5, 5.41) is 12.7. The molecule has 0 radical (unpaired) electrons. The van der Waals surface area contributed by atoms with Crippen LogP contribution in [0.2, 0.25) is 0 Å². The van der Waals surface area contributed by atoms with E-state index in [-0.39, 0.29) is 24.7 Å². The van der Waals surface area contributed by atoms with Crippen LogP contribution in [-0.4, -0.2) is 36.4 Å². The molecule has 3 atom stereocenters. The number of carbonyl (C=O) groups is 2. The van der Waals surface area contributed by atoms with Gasteiger partial charge in [-0.05, 0) is 30.2 Å². The number of nitrogens with one attached hydrogen (secondary N) is 1. The normalized spacial score (nSPS) is 18.4. The average Bonchev–Trinajstić information content (AvgIpc) is 3.53. The quantitative estimate of drug-likeness (QED) is 0.370. The molecule has 0 fully saturated rings. The number of amides is 1. The molecular formula is C29H27F3N2O5. The molecule has 2 N–H and O–H groups in total. The number of alkyl halides is 3. The highest BCUT2D eigenvalue weighted by Gasteiger charge is 2.48. The molecule has 1 unspecified atom stereocenters. The minimum absolute atomic E-state index is 0.0177. The Kier molecular flexibility index (Phi) is 6.88. The van der Waals surface area contributed by atoms with Gasteiger partial charge in [0.15, 0.2) is 0 Å². The van der Waals surface area contributed by atoms with E-state index in [1.54, 1.807) is 25.1 Å². The van der Waals surface area contributed by atoms with E-state index < -0.39 is 35.9 Å². The van der Waals surface area contributed by atoms with Crippen LogP contribution in [0.15, 0.2) is 60.7 Å². The number of benzene rings is 3. The summed E-state index contributed by atoms with van der Waals surface area (Å²) in [5.74, 6) is -3.60. The van der Waals surface area contributed by atoms with Crippen LogP contribution >= 0.6 is 0 Å². The Labute approximate surface area is 223 Å². The third-order valence-electron chi connectivity index (χ3n) is 7.32. The van der Waals surface area contributed by atoms with Crippen molar-refractivity contribution in [3.05, 3.63) is 77.4 Å². The monoisotopic (exact) mass is 540 g/mol. The SMILES string of the molecule is CCc1ccccc1Nc1cccc2c1OC[C@H]2N(C(=O)C(F)(F)F)c1ccc2c(c1)OC[C@H]2C(C)C(=O)O. The van der Waals surface area contributed by atoms with Gasteiger partial charge in [-0.25, -0.2) is 0 Å². The van der Waals surface area contributed by atoms with Crippen molar-refractivity contribution in [2.45, 2.75) is 38.4 Å². The summed E-state index contributed by atoms with van der Waals surface area (Å²) >= 11 is 0. The predicted molar refractivity (Wildman–Crippen MR) is 139 cm³/mol. The van der Waals surface area contributed by atoms with Crippen molar-refractivity contribution in [1.29, 1.82) is 0 Å². The number of carboxylic acids is 1. The first-order chi connectivity index (χ1) is 18.6. The van der Waals surface area contributed by atoms with Gasteiger partial charge in [-0.1, -0.05) is 50.2 Å². The lowest BCUT2D eigenvalue weighted by molar-refractivity contribution is -0.171. The van der Waals surface area contributed by atoms with E-state index in [4.69, 9.17) is 9.47 Å². The molecule has 0 aliphatic carbocycles. The predicted octanol–water partition coefficient (Wildman–Crippen LogP) is 6.22. The molecule has 5 rings (SSSR count). The highest BCUT2D eigenvalue weighted by molar-refractivity contribution is 5.98. The standard InChI is InChI=1S/C29H27F3N2O5/c1-3-17-7-4-5-9-22(17)33-23-10-6-8-20-24(15-39-26(20)23)34(28(37)29(30,31)32)18-11-12-19-21(16(2)27(35)36)14-38-25(19)13-18/h4-13,16,21,24,33H,3,14-15H2,1-2H3,(H,35,36)/t16?,21-,24+/m0/s1. The fourth-order valence-electron chi connectivity index (χ4n) is 5.17. The second-order valence-electron chi connectivity index (χ2n) is 9.63. The number of hydrogen-bond acceptors (Lipinski definition) is 5. The first kappa shape index (κ1) is 26.4. The molecule has 3 aromatic carbocycles. The molecule has 204 valence electrons. The number of nitrogens with zero attached hydrogens (tertiary/aromatic N) is 1.